The Kier molecular flexibility index (Phi) is 6.46. The summed E-state index contributed by atoms with van der Waals surface area (Å²) in [6.45, 7) is 2.74. The van der Waals surface area contributed by atoms with Crippen LogP contribution in [-0.2, 0) is 6.54 Å². The average Bonchev–Trinajstić information content (AvgIpc) is 2.34. The molecule has 0 bridgehead atoms. The lowest BCUT2D eigenvalue weighted by molar-refractivity contribution is 0.277. The summed E-state index contributed by atoms with van der Waals surface area (Å²) in [7, 11) is 4.03. The Balaban J connectivity index is 2.52. The van der Waals surface area contributed by atoms with Gasteiger partial charge >= 0.3 is 0 Å². The molecule has 0 saturated heterocycles. The molecule has 0 radical (unpaired) electrons. The van der Waals surface area contributed by atoms with Crippen LogP contribution in [-0.4, -0.2) is 43.3 Å². The molecular weight excluding hydrogens is 230 g/mol. The Morgan fingerprint density at radius 3 is 2.83 bits per heavy atom. The van der Waals surface area contributed by atoms with E-state index >= 15 is 0 Å². The van der Waals surface area contributed by atoms with Crippen LogP contribution in [0.3, 0.4) is 0 Å². The van der Waals surface area contributed by atoms with Crippen LogP contribution in [0.1, 0.15) is 12.8 Å². The van der Waals surface area contributed by atoms with E-state index in [-0.39, 0.29) is 5.56 Å². The molecule has 0 atom stereocenters. The number of hydrogen-bond acceptors (Lipinski definition) is 4. The Bertz CT molecular complexity index is 401. The molecule has 5 heteroatoms. The summed E-state index contributed by atoms with van der Waals surface area (Å²) in [4.78, 5) is 14.1. The van der Waals surface area contributed by atoms with Crippen LogP contribution in [0.4, 0.5) is 0 Å². The molecular formula is C13H23N3O2. The van der Waals surface area contributed by atoms with Crippen molar-refractivity contribution in [1.29, 1.82) is 0 Å². The van der Waals surface area contributed by atoms with Gasteiger partial charge in [-0.1, -0.05) is 0 Å². The van der Waals surface area contributed by atoms with Gasteiger partial charge in [0.2, 0.25) is 0 Å². The largest absolute Gasteiger partial charge is 0.488 e. The number of nitrogens with two attached hydrogens (primary N) is 1. The van der Waals surface area contributed by atoms with E-state index < -0.39 is 0 Å². The minimum absolute atomic E-state index is 0.0733. The zero-order valence-electron chi connectivity index (χ0n) is 11.3. The molecule has 0 spiro atoms. The highest BCUT2D eigenvalue weighted by Crippen LogP contribution is 2.03. The Labute approximate surface area is 108 Å². The van der Waals surface area contributed by atoms with Crippen LogP contribution in [0.25, 0.3) is 0 Å². The predicted molar refractivity (Wildman–Crippen MR) is 73.0 cm³/mol. The summed E-state index contributed by atoms with van der Waals surface area (Å²) in [5.41, 5.74) is 5.37. The standard InChI is InChI=1S/C13H23N3O2/c1-15(2)8-5-11-18-12-6-3-9-16(13(12)17)10-4-7-14/h3,6,9H,4-5,7-8,10-11,14H2,1-2H3. The van der Waals surface area contributed by atoms with Gasteiger partial charge in [-0.25, -0.2) is 0 Å². The molecule has 1 aromatic heterocycles. The molecule has 18 heavy (non-hydrogen) atoms. The van der Waals surface area contributed by atoms with Gasteiger partial charge in [-0.3, -0.25) is 4.79 Å². The second kappa shape index (κ2) is 7.89. The van der Waals surface area contributed by atoms with Gasteiger partial charge in [0.1, 0.15) is 0 Å². The number of hydrogen-bond donors (Lipinski definition) is 1. The smallest absolute Gasteiger partial charge is 0.292 e. The van der Waals surface area contributed by atoms with Crippen molar-refractivity contribution in [3.05, 3.63) is 28.7 Å². The topological polar surface area (TPSA) is 60.5 Å². The van der Waals surface area contributed by atoms with Crippen molar-refractivity contribution < 1.29 is 4.74 Å². The predicted octanol–water partition coefficient (Wildman–Crippen LogP) is 0.528. The van der Waals surface area contributed by atoms with Crippen LogP contribution in [0.2, 0.25) is 0 Å². The summed E-state index contributed by atoms with van der Waals surface area (Å²) in [6, 6.07) is 3.55. The molecule has 0 unspecified atom stereocenters. The molecule has 1 rings (SSSR count). The monoisotopic (exact) mass is 253 g/mol. The van der Waals surface area contributed by atoms with Crippen LogP contribution in [0.5, 0.6) is 5.75 Å². The molecule has 0 aromatic carbocycles. The van der Waals surface area contributed by atoms with Crippen molar-refractivity contribution in [3.63, 3.8) is 0 Å². The van der Waals surface area contributed by atoms with Gasteiger partial charge in [-0.15, -0.1) is 0 Å². The molecule has 0 aliphatic heterocycles. The lowest BCUT2D eigenvalue weighted by Gasteiger charge is -2.11. The summed E-state index contributed by atoms with van der Waals surface area (Å²) in [5.74, 6) is 0.424. The molecule has 0 aliphatic carbocycles. The van der Waals surface area contributed by atoms with E-state index in [4.69, 9.17) is 10.5 Å². The highest BCUT2D eigenvalue weighted by Gasteiger charge is 2.03. The van der Waals surface area contributed by atoms with Crippen molar-refractivity contribution in [1.82, 2.24) is 9.47 Å². The van der Waals surface area contributed by atoms with Crippen molar-refractivity contribution in [2.24, 2.45) is 5.73 Å². The van der Waals surface area contributed by atoms with Crippen LogP contribution in [0.15, 0.2) is 23.1 Å². The minimum Gasteiger partial charge on any atom is -0.488 e. The second-order valence-electron chi connectivity index (χ2n) is 4.52. The summed E-state index contributed by atoms with van der Waals surface area (Å²) >= 11 is 0. The molecule has 102 valence electrons. The zero-order chi connectivity index (χ0) is 13.4. The minimum atomic E-state index is -0.0733. The first-order chi connectivity index (χ1) is 8.65. The van der Waals surface area contributed by atoms with E-state index in [1.807, 2.05) is 20.2 Å². The molecule has 0 aliphatic rings. The van der Waals surface area contributed by atoms with E-state index in [0.29, 0.717) is 25.4 Å². The summed E-state index contributed by atoms with van der Waals surface area (Å²) < 4.78 is 7.16. The normalized spacial score (nSPS) is 10.9. The molecule has 0 fully saturated rings. The Morgan fingerprint density at radius 1 is 1.39 bits per heavy atom. The van der Waals surface area contributed by atoms with Crippen molar-refractivity contribution in [2.45, 2.75) is 19.4 Å². The molecule has 1 aromatic rings. The van der Waals surface area contributed by atoms with Gasteiger partial charge in [0.25, 0.3) is 5.56 Å². The van der Waals surface area contributed by atoms with Gasteiger partial charge < -0.3 is 19.9 Å². The molecule has 1 heterocycles. The molecule has 5 nitrogen and oxygen atoms in total. The quantitative estimate of drug-likeness (QED) is 0.686. The van der Waals surface area contributed by atoms with E-state index in [2.05, 4.69) is 4.90 Å². The Hall–Kier alpha value is -1.33. The first kappa shape index (κ1) is 14.7. The number of aryl methyl sites for hydroxylation is 1. The zero-order valence-corrected chi connectivity index (χ0v) is 11.3. The number of pyridine rings is 1. The molecule has 0 amide bonds. The first-order valence-corrected chi connectivity index (χ1v) is 6.32. The third kappa shape index (κ3) is 4.89. The molecule has 2 N–H and O–H groups in total. The van der Waals surface area contributed by atoms with Crippen LogP contribution in [0, 0.1) is 0 Å². The fourth-order valence-corrected chi connectivity index (χ4v) is 1.63. The maximum absolute atomic E-state index is 12.0. The van der Waals surface area contributed by atoms with Crippen molar-refractivity contribution >= 4 is 0 Å². The first-order valence-electron chi connectivity index (χ1n) is 6.32. The SMILES string of the molecule is CN(C)CCCOc1cccn(CCCN)c1=O. The van der Waals surface area contributed by atoms with E-state index in [1.54, 1.807) is 16.8 Å². The highest BCUT2D eigenvalue weighted by atomic mass is 16.5. The third-order valence-corrected chi connectivity index (χ3v) is 2.60. The van der Waals surface area contributed by atoms with Gasteiger partial charge in [-0.05, 0) is 45.6 Å². The fourth-order valence-electron chi connectivity index (χ4n) is 1.63. The van der Waals surface area contributed by atoms with E-state index in [9.17, 15) is 4.79 Å². The van der Waals surface area contributed by atoms with Gasteiger partial charge in [0, 0.05) is 19.3 Å². The van der Waals surface area contributed by atoms with Gasteiger partial charge in [-0.2, -0.15) is 0 Å². The van der Waals surface area contributed by atoms with Gasteiger partial charge in [0.15, 0.2) is 5.75 Å². The van der Waals surface area contributed by atoms with E-state index in [1.165, 1.54) is 0 Å². The number of nitrogens with zero attached hydrogens (tertiary/aromatic N) is 2. The van der Waals surface area contributed by atoms with Crippen LogP contribution < -0.4 is 16.0 Å². The van der Waals surface area contributed by atoms with E-state index in [0.717, 1.165) is 19.4 Å². The van der Waals surface area contributed by atoms with Crippen LogP contribution >= 0.6 is 0 Å². The highest BCUT2D eigenvalue weighted by molar-refractivity contribution is 5.17. The number of aromatic nitrogens is 1. The van der Waals surface area contributed by atoms with Crippen molar-refractivity contribution in [3.8, 4) is 5.75 Å². The lowest BCUT2D eigenvalue weighted by atomic mass is 10.3. The summed E-state index contributed by atoms with van der Waals surface area (Å²) in [6.07, 6.45) is 3.47. The fraction of sp³-hybridized carbons (Fsp3) is 0.615. The molecule has 0 saturated carbocycles. The number of rotatable bonds is 8. The van der Waals surface area contributed by atoms with Gasteiger partial charge in [0.05, 0.1) is 6.61 Å². The second-order valence-corrected chi connectivity index (χ2v) is 4.52. The maximum Gasteiger partial charge on any atom is 0.292 e. The lowest BCUT2D eigenvalue weighted by Crippen LogP contribution is -2.23. The van der Waals surface area contributed by atoms with Crippen molar-refractivity contribution in [2.75, 3.05) is 33.8 Å². The Morgan fingerprint density at radius 2 is 2.17 bits per heavy atom. The average molecular weight is 253 g/mol. The third-order valence-electron chi connectivity index (χ3n) is 2.60. The number of ether oxygens (including phenoxy) is 1. The summed E-state index contributed by atoms with van der Waals surface area (Å²) in [5, 5.41) is 0. The maximum atomic E-state index is 12.0.